The number of amidine groups is 1. The molecule has 1 amide bonds. The predicted octanol–water partition coefficient (Wildman–Crippen LogP) is 4.16. The molecule has 1 aromatic carbocycles. The molecular formula is C18H16N2O3S2. The van der Waals surface area contributed by atoms with E-state index >= 15 is 0 Å². The summed E-state index contributed by atoms with van der Waals surface area (Å²) in [5, 5.41) is 2.55. The number of esters is 1. The number of benzene rings is 1. The summed E-state index contributed by atoms with van der Waals surface area (Å²) in [6, 6.07) is 10.8. The van der Waals surface area contributed by atoms with Gasteiger partial charge in [-0.05, 0) is 54.4 Å². The summed E-state index contributed by atoms with van der Waals surface area (Å²) in [7, 11) is 1.69. The van der Waals surface area contributed by atoms with E-state index in [4.69, 9.17) is 4.74 Å². The van der Waals surface area contributed by atoms with Crippen LogP contribution in [0, 0.1) is 0 Å². The molecule has 2 heterocycles. The number of thiophene rings is 1. The van der Waals surface area contributed by atoms with Crippen molar-refractivity contribution in [2.45, 2.75) is 6.92 Å². The van der Waals surface area contributed by atoms with Crippen molar-refractivity contribution in [3.63, 3.8) is 0 Å². The zero-order valence-electron chi connectivity index (χ0n) is 13.8. The molecule has 0 unspecified atom stereocenters. The van der Waals surface area contributed by atoms with Crippen LogP contribution in [0.2, 0.25) is 0 Å². The van der Waals surface area contributed by atoms with Crippen LogP contribution in [0.25, 0.3) is 6.08 Å². The highest BCUT2D eigenvalue weighted by molar-refractivity contribution is 8.18. The maximum atomic E-state index is 12.4. The van der Waals surface area contributed by atoms with Crippen LogP contribution in [-0.2, 0) is 9.53 Å². The van der Waals surface area contributed by atoms with Gasteiger partial charge in [0.05, 0.1) is 22.8 Å². The van der Waals surface area contributed by atoms with E-state index in [1.54, 1.807) is 49.6 Å². The molecule has 0 atom stereocenters. The molecular weight excluding hydrogens is 356 g/mol. The molecule has 5 nitrogen and oxygen atoms in total. The van der Waals surface area contributed by atoms with Crippen LogP contribution in [0.1, 0.15) is 22.2 Å². The van der Waals surface area contributed by atoms with Crippen molar-refractivity contribution >= 4 is 51.9 Å². The smallest absolute Gasteiger partial charge is 0.338 e. The Labute approximate surface area is 154 Å². The van der Waals surface area contributed by atoms with Gasteiger partial charge in [0, 0.05) is 11.9 Å². The van der Waals surface area contributed by atoms with Gasteiger partial charge in [-0.1, -0.05) is 12.1 Å². The SMILES string of the molecule is CCOC(=O)c1cccc(N=C2SC(=Cc3cccs3)C(=O)N2C)c1. The van der Waals surface area contributed by atoms with Crippen LogP contribution in [0.5, 0.6) is 0 Å². The Morgan fingerprint density at radius 3 is 2.88 bits per heavy atom. The molecule has 0 bridgehead atoms. The largest absolute Gasteiger partial charge is 0.462 e. The lowest BCUT2D eigenvalue weighted by atomic mass is 10.2. The van der Waals surface area contributed by atoms with E-state index in [0.29, 0.717) is 27.9 Å². The number of likely N-dealkylation sites (N-methyl/N-ethyl adjacent to an activating group) is 1. The Hall–Kier alpha value is -2.38. The molecule has 0 aliphatic carbocycles. The summed E-state index contributed by atoms with van der Waals surface area (Å²) in [5.74, 6) is -0.468. The Bertz CT molecular complexity index is 857. The highest BCUT2D eigenvalue weighted by Crippen LogP contribution is 2.33. The normalized spacial score (nSPS) is 17.5. The van der Waals surface area contributed by atoms with Crippen molar-refractivity contribution in [2.24, 2.45) is 4.99 Å². The van der Waals surface area contributed by atoms with Gasteiger partial charge in [0.2, 0.25) is 0 Å². The number of carbonyl (C=O) groups excluding carboxylic acids is 2. The molecule has 3 rings (SSSR count). The van der Waals surface area contributed by atoms with Gasteiger partial charge in [0.1, 0.15) is 0 Å². The minimum atomic E-state index is -0.383. The molecule has 25 heavy (non-hydrogen) atoms. The van der Waals surface area contributed by atoms with Gasteiger partial charge >= 0.3 is 5.97 Å². The van der Waals surface area contributed by atoms with Gasteiger partial charge in [0.25, 0.3) is 5.91 Å². The first-order chi connectivity index (χ1) is 12.1. The van der Waals surface area contributed by atoms with E-state index in [1.165, 1.54) is 16.7 Å². The number of carbonyl (C=O) groups is 2. The van der Waals surface area contributed by atoms with E-state index in [1.807, 2.05) is 23.6 Å². The fourth-order valence-corrected chi connectivity index (χ4v) is 3.89. The maximum Gasteiger partial charge on any atom is 0.338 e. The molecule has 0 N–H and O–H groups in total. The van der Waals surface area contributed by atoms with Gasteiger partial charge in [-0.15, -0.1) is 11.3 Å². The average molecular weight is 372 g/mol. The van der Waals surface area contributed by atoms with Crippen molar-refractivity contribution in [1.82, 2.24) is 4.90 Å². The van der Waals surface area contributed by atoms with Crippen molar-refractivity contribution in [3.8, 4) is 0 Å². The van der Waals surface area contributed by atoms with Crippen LogP contribution in [-0.4, -0.2) is 35.6 Å². The summed E-state index contributed by atoms with van der Waals surface area (Å²) in [4.78, 5) is 31.9. The molecule has 1 fully saturated rings. The molecule has 1 aromatic heterocycles. The second-order valence-corrected chi connectivity index (χ2v) is 7.14. The quantitative estimate of drug-likeness (QED) is 0.597. The lowest BCUT2D eigenvalue weighted by Crippen LogP contribution is -2.23. The fourth-order valence-electron chi connectivity index (χ4n) is 2.18. The Morgan fingerprint density at radius 1 is 1.32 bits per heavy atom. The first-order valence-electron chi connectivity index (χ1n) is 7.65. The molecule has 7 heteroatoms. The minimum Gasteiger partial charge on any atom is -0.462 e. The Balaban J connectivity index is 1.85. The number of hydrogen-bond donors (Lipinski definition) is 0. The zero-order chi connectivity index (χ0) is 17.8. The third-order valence-corrected chi connectivity index (χ3v) is 5.28. The lowest BCUT2D eigenvalue weighted by Gasteiger charge is -2.07. The van der Waals surface area contributed by atoms with Gasteiger partial charge in [-0.2, -0.15) is 0 Å². The molecule has 1 saturated heterocycles. The number of thioether (sulfide) groups is 1. The Morgan fingerprint density at radius 2 is 2.16 bits per heavy atom. The third kappa shape index (κ3) is 4.00. The lowest BCUT2D eigenvalue weighted by molar-refractivity contribution is -0.121. The highest BCUT2D eigenvalue weighted by atomic mass is 32.2. The van der Waals surface area contributed by atoms with Gasteiger partial charge < -0.3 is 4.74 Å². The van der Waals surface area contributed by atoms with Gasteiger partial charge in [-0.25, -0.2) is 9.79 Å². The molecule has 128 valence electrons. The second kappa shape index (κ2) is 7.67. The van der Waals surface area contributed by atoms with E-state index in [-0.39, 0.29) is 11.9 Å². The first kappa shape index (κ1) is 17.4. The first-order valence-corrected chi connectivity index (χ1v) is 9.35. The number of rotatable bonds is 4. The summed E-state index contributed by atoms with van der Waals surface area (Å²) in [6.07, 6.45) is 1.87. The number of hydrogen-bond acceptors (Lipinski definition) is 6. The molecule has 0 spiro atoms. The number of aliphatic imine (C=N–C) groups is 1. The molecule has 1 aliphatic heterocycles. The van der Waals surface area contributed by atoms with E-state index in [2.05, 4.69) is 4.99 Å². The summed E-state index contributed by atoms with van der Waals surface area (Å²) in [6.45, 7) is 2.08. The van der Waals surface area contributed by atoms with Crippen LogP contribution >= 0.6 is 23.1 Å². The number of nitrogens with zero attached hydrogens (tertiary/aromatic N) is 2. The van der Waals surface area contributed by atoms with Crippen LogP contribution in [0.4, 0.5) is 5.69 Å². The monoisotopic (exact) mass is 372 g/mol. The van der Waals surface area contributed by atoms with E-state index < -0.39 is 0 Å². The van der Waals surface area contributed by atoms with Crippen LogP contribution in [0.3, 0.4) is 0 Å². The minimum absolute atomic E-state index is 0.0845. The average Bonchev–Trinajstić information content (AvgIpc) is 3.20. The van der Waals surface area contributed by atoms with E-state index in [0.717, 1.165) is 4.88 Å². The van der Waals surface area contributed by atoms with Gasteiger partial charge in [0.15, 0.2) is 5.17 Å². The third-order valence-electron chi connectivity index (χ3n) is 3.40. The van der Waals surface area contributed by atoms with Crippen LogP contribution < -0.4 is 0 Å². The second-order valence-electron chi connectivity index (χ2n) is 5.16. The predicted molar refractivity (Wildman–Crippen MR) is 102 cm³/mol. The van der Waals surface area contributed by atoms with Crippen molar-refractivity contribution in [3.05, 3.63) is 57.1 Å². The number of amides is 1. The highest BCUT2D eigenvalue weighted by Gasteiger charge is 2.30. The maximum absolute atomic E-state index is 12.4. The summed E-state index contributed by atoms with van der Waals surface area (Å²) in [5.41, 5.74) is 1.04. The molecule has 2 aromatic rings. The van der Waals surface area contributed by atoms with Crippen molar-refractivity contribution in [1.29, 1.82) is 0 Å². The summed E-state index contributed by atoms with van der Waals surface area (Å²) >= 11 is 2.90. The molecule has 1 aliphatic rings. The standard InChI is InChI=1S/C18H16N2O3S2/c1-3-23-17(22)12-6-4-7-13(10-12)19-18-20(2)16(21)15(25-18)11-14-8-5-9-24-14/h4-11H,3H2,1-2H3. The summed E-state index contributed by atoms with van der Waals surface area (Å²) < 4.78 is 5.00. The van der Waals surface area contributed by atoms with Crippen molar-refractivity contribution < 1.29 is 14.3 Å². The zero-order valence-corrected chi connectivity index (χ0v) is 15.4. The molecule has 0 radical (unpaired) electrons. The van der Waals surface area contributed by atoms with Crippen molar-refractivity contribution in [2.75, 3.05) is 13.7 Å². The Kier molecular flexibility index (Phi) is 5.35. The van der Waals surface area contributed by atoms with Crippen LogP contribution in [0.15, 0.2) is 51.7 Å². The molecule has 0 saturated carbocycles. The van der Waals surface area contributed by atoms with Gasteiger partial charge in [-0.3, -0.25) is 9.69 Å². The number of ether oxygens (including phenoxy) is 1. The fraction of sp³-hybridized carbons (Fsp3) is 0.167. The topological polar surface area (TPSA) is 59.0 Å². The van der Waals surface area contributed by atoms with E-state index in [9.17, 15) is 9.59 Å².